The van der Waals surface area contributed by atoms with Crippen molar-refractivity contribution >= 4 is 24.0 Å². The molecular weight excluding hydrogens is 661 g/mol. The standard InChI is InChI=1S/C36H47F3N8O.CH2O2/c1-24-6-13-46(14-7-24)15-12-40-30-18-26(35(10-5-11-35)20-32-44-42-23-45(32)3)19-31(43-30)47-22-28-27(33(47)48)16-25(17-29(28)36(37,38)39)21-41-34(2)8-4-9-34;2-1-3/h16-19,23-24,41H,4-15,20-22H2,1-3H3,(H,40,43);1H,(H,2,3). The van der Waals surface area contributed by atoms with E-state index in [1.165, 1.54) is 23.8 Å². The molecule has 0 unspecified atom stereocenters. The third-order valence-corrected chi connectivity index (χ3v) is 11.5. The van der Waals surface area contributed by atoms with E-state index in [2.05, 4.69) is 45.6 Å². The lowest BCUT2D eigenvalue weighted by atomic mass is 9.62. The normalized spacial score (nSPS) is 19.8. The molecule has 276 valence electrons. The molecule has 3 aromatic rings. The van der Waals surface area contributed by atoms with Crippen molar-refractivity contribution in [2.75, 3.05) is 36.4 Å². The first-order valence-corrected chi connectivity index (χ1v) is 18.0. The molecule has 4 aliphatic rings. The number of alkyl halides is 3. The molecular formula is C37H49F3N8O3. The van der Waals surface area contributed by atoms with Crippen LogP contribution in [0.4, 0.5) is 24.8 Å². The second-order valence-corrected chi connectivity index (χ2v) is 15.2. The third-order valence-electron chi connectivity index (χ3n) is 11.5. The van der Waals surface area contributed by atoms with Gasteiger partial charge in [-0.3, -0.25) is 14.5 Å². The van der Waals surface area contributed by atoms with Crippen molar-refractivity contribution in [2.24, 2.45) is 13.0 Å². The minimum atomic E-state index is -4.59. The van der Waals surface area contributed by atoms with E-state index in [4.69, 9.17) is 14.9 Å². The number of hydrogen-bond donors (Lipinski definition) is 3. The van der Waals surface area contributed by atoms with Crippen molar-refractivity contribution in [1.29, 1.82) is 0 Å². The van der Waals surface area contributed by atoms with E-state index in [1.807, 2.05) is 17.7 Å². The monoisotopic (exact) mass is 710 g/mol. The summed E-state index contributed by atoms with van der Waals surface area (Å²) in [6, 6.07) is 6.85. The van der Waals surface area contributed by atoms with E-state index in [-0.39, 0.29) is 41.6 Å². The molecule has 1 saturated heterocycles. The van der Waals surface area contributed by atoms with E-state index in [1.54, 1.807) is 12.4 Å². The van der Waals surface area contributed by atoms with E-state index in [0.717, 1.165) is 75.5 Å². The Hall–Kier alpha value is -4.04. The molecule has 2 aliphatic carbocycles. The van der Waals surface area contributed by atoms with Gasteiger partial charge in [0.15, 0.2) is 0 Å². The Morgan fingerprint density at radius 1 is 1.08 bits per heavy atom. The molecule has 2 aliphatic heterocycles. The quantitative estimate of drug-likeness (QED) is 0.208. The minimum Gasteiger partial charge on any atom is -0.483 e. The molecule has 11 nitrogen and oxygen atoms in total. The van der Waals surface area contributed by atoms with Crippen molar-refractivity contribution in [3.05, 3.63) is 64.2 Å². The van der Waals surface area contributed by atoms with E-state index in [0.29, 0.717) is 30.2 Å². The third kappa shape index (κ3) is 8.06. The van der Waals surface area contributed by atoms with Gasteiger partial charge in [0.2, 0.25) is 0 Å². The number of piperidine rings is 1. The maximum atomic E-state index is 14.5. The van der Waals surface area contributed by atoms with Crippen LogP contribution >= 0.6 is 0 Å². The number of amides is 1. The minimum absolute atomic E-state index is 0.0181. The number of likely N-dealkylation sites (tertiary alicyclic amines) is 1. The number of pyridine rings is 1. The molecule has 51 heavy (non-hydrogen) atoms. The second kappa shape index (κ2) is 14.9. The van der Waals surface area contributed by atoms with Crippen LogP contribution in [0.2, 0.25) is 0 Å². The second-order valence-electron chi connectivity index (χ2n) is 15.2. The van der Waals surface area contributed by atoms with Gasteiger partial charge in [-0.2, -0.15) is 13.2 Å². The van der Waals surface area contributed by atoms with Gasteiger partial charge < -0.3 is 25.2 Å². The van der Waals surface area contributed by atoms with Gasteiger partial charge in [0.25, 0.3) is 12.4 Å². The highest BCUT2D eigenvalue weighted by Gasteiger charge is 2.43. The Morgan fingerprint density at radius 2 is 1.78 bits per heavy atom. The fourth-order valence-electron chi connectivity index (χ4n) is 7.83. The van der Waals surface area contributed by atoms with Gasteiger partial charge in [0.1, 0.15) is 23.8 Å². The van der Waals surface area contributed by atoms with Crippen LogP contribution in [0.5, 0.6) is 0 Å². The van der Waals surface area contributed by atoms with Crippen LogP contribution in [0.1, 0.15) is 104 Å². The van der Waals surface area contributed by atoms with Crippen LogP contribution in [-0.4, -0.2) is 73.9 Å². The summed E-state index contributed by atoms with van der Waals surface area (Å²) in [5, 5.41) is 22.3. The molecule has 0 atom stereocenters. The van der Waals surface area contributed by atoms with Gasteiger partial charge in [-0.1, -0.05) is 13.3 Å². The molecule has 1 aromatic carbocycles. The zero-order valence-corrected chi connectivity index (χ0v) is 29.7. The van der Waals surface area contributed by atoms with Crippen molar-refractivity contribution in [3.63, 3.8) is 0 Å². The molecule has 0 spiro atoms. The van der Waals surface area contributed by atoms with Crippen molar-refractivity contribution in [2.45, 2.75) is 102 Å². The number of fused-ring (bicyclic) bond motifs is 1. The molecule has 2 saturated carbocycles. The number of nitrogens with zero attached hydrogens (tertiary/aromatic N) is 6. The Bertz CT molecular complexity index is 1710. The van der Waals surface area contributed by atoms with Gasteiger partial charge >= 0.3 is 6.18 Å². The fourth-order valence-corrected chi connectivity index (χ4v) is 7.83. The fraction of sp³-hybridized carbons (Fsp3) is 0.595. The summed E-state index contributed by atoms with van der Waals surface area (Å²) in [4.78, 5) is 31.2. The zero-order valence-electron chi connectivity index (χ0n) is 29.7. The lowest BCUT2D eigenvalue weighted by Gasteiger charge is -2.42. The number of carbonyl (C=O) groups is 2. The lowest BCUT2D eigenvalue weighted by molar-refractivity contribution is -0.138. The Morgan fingerprint density at radius 3 is 2.37 bits per heavy atom. The maximum Gasteiger partial charge on any atom is 0.416 e. The Kier molecular flexibility index (Phi) is 10.7. The first-order valence-electron chi connectivity index (χ1n) is 18.0. The van der Waals surface area contributed by atoms with Gasteiger partial charge in [-0.15, -0.1) is 10.2 Å². The van der Waals surface area contributed by atoms with Crippen molar-refractivity contribution in [3.8, 4) is 0 Å². The number of benzene rings is 1. The molecule has 2 aromatic heterocycles. The molecule has 0 radical (unpaired) electrons. The number of hydrogen-bond acceptors (Lipinski definition) is 8. The summed E-state index contributed by atoms with van der Waals surface area (Å²) in [5.74, 6) is 2.19. The average Bonchev–Trinajstić information content (AvgIpc) is 3.62. The highest BCUT2D eigenvalue weighted by Crippen LogP contribution is 2.48. The number of rotatable bonds is 11. The van der Waals surface area contributed by atoms with Crippen LogP contribution in [-0.2, 0) is 42.9 Å². The maximum absolute atomic E-state index is 14.5. The molecule has 3 N–H and O–H groups in total. The molecule has 1 amide bonds. The van der Waals surface area contributed by atoms with Crippen molar-refractivity contribution in [1.82, 2.24) is 30.0 Å². The van der Waals surface area contributed by atoms with Crippen LogP contribution in [0, 0.1) is 5.92 Å². The summed E-state index contributed by atoms with van der Waals surface area (Å²) in [6.07, 6.45) is 6.20. The number of halogens is 3. The smallest absolute Gasteiger partial charge is 0.416 e. The van der Waals surface area contributed by atoms with Gasteiger partial charge in [0.05, 0.1) is 12.1 Å². The topological polar surface area (TPSA) is 129 Å². The zero-order chi connectivity index (χ0) is 36.4. The molecule has 0 bridgehead atoms. The molecule has 14 heteroatoms. The molecule has 7 rings (SSSR count). The van der Waals surface area contributed by atoms with Gasteiger partial charge in [-0.25, -0.2) is 4.98 Å². The van der Waals surface area contributed by atoms with Crippen LogP contribution in [0.3, 0.4) is 0 Å². The van der Waals surface area contributed by atoms with E-state index >= 15 is 0 Å². The number of nitrogens with one attached hydrogen (secondary N) is 2. The predicted molar refractivity (Wildman–Crippen MR) is 188 cm³/mol. The first kappa shape index (κ1) is 36.7. The van der Waals surface area contributed by atoms with Crippen LogP contribution < -0.4 is 15.5 Å². The number of anilines is 2. The number of aryl methyl sites for hydroxylation is 1. The highest BCUT2D eigenvalue weighted by atomic mass is 19.4. The summed E-state index contributed by atoms with van der Waals surface area (Å²) < 4.78 is 45.4. The SMILES string of the molecule is CC1CCN(CCNc2cc(C3(Cc4nncn4C)CCC3)cc(N3Cc4c(cc(CNC5(C)CCC5)cc4C(F)(F)F)C3=O)n2)CC1.O=CO. The summed E-state index contributed by atoms with van der Waals surface area (Å²) in [6.45, 7) is 7.95. The summed E-state index contributed by atoms with van der Waals surface area (Å²) in [7, 11) is 1.93. The van der Waals surface area contributed by atoms with Crippen molar-refractivity contribution < 1.29 is 27.9 Å². The molecule has 3 fully saturated rings. The number of aromatic nitrogens is 4. The average molecular weight is 711 g/mol. The van der Waals surface area contributed by atoms with Gasteiger partial charge in [-0.05, 0) is 112 Å². The molecule has 4 heterocycles. The largest absolute Gasteiger partial charge is 0.483 e. The number of carboxylic acid groups (broad SMARTS) is 1. The summed E-state index contributed by atoms with van der Waals surface area (Å²) >= 11 is 0. The highest BCUT2D eigenvalue weighted by molar-refractivity contribution is 6.10. The first-order chi connectivity index (χ1) is 24.3. The predicted octanol–water partition coefficient (Wildman–Crippen LogP) is 5.93. The lowest BCUT2D eigenvalue weighted by Crippen LogP contribution is -2.47. The Balaban J connectivity index is 0.00000144. The van der Waals surface area contributed by atoms with Crippen LogP contribution in [0.25, 0.3) is 0 Å². The summed E-state index contributed by atoms with van der Waals surface area (Å²) in [5.41, 5.74) is 0.585. The van der Waals surface area contributed by atoms with E-state index < -0.39 is 17.6 Å². The van der Waals surface area contributed by atoms with Crippen LogP contribution in [0.15, 0.2) is 30.6 Å². The van der Waals surface area contributed by atoms with E-state index in [9.17, 15) is 18.0 Å². The van der Waals surface area contributed by atoms with Gasteiger partial charge in [0, 0.05) is 49.6 Å². The Labute approximate surface area is 297 Å². The number of carbonyl (C=O) groups excluding carboxylic acids is 1.